The molecule has 0 bridgehead atoms. The van der Waals surface area contributed by atoms with Gasteiger partial charge in [0, 0.05) is 28.1 Å². The monoisotopic (exact) mass is 306 g/mol. The van der Waals surface area contributed by atoms with Gasteiger partial charge in [-0.1, -0.05) is 18.9 Å². The number of thiophene rings is 1. The third kappa shape index (κ3) is 3.28. The molecule has 1 aliphatic rings. The normalized spacial score (nSPS) is 17.2. The standard InChI is InChI=1S/C17H23FN2S/c1-19-11-16-13(12-20-9-4-2-3-5-10-20)17-14(18)7-6-8-15(17)21-16/h6-8,19H,2-5,9-12H2,1H3. The molecule has 0 atom stereocenters. The zero-order valence-electron chi connectivity index (χ0n) is 12.6. The van der Waals surface area contributed by atoms with E-state index in [4.69, 9.17) is 0 Å². The molecule has 0 amide bonds. The molecule has 0 radical (unpaired) electrons. The number of fused-ring (bicyclic) bond motifs is 1. The van der Waals surface area contributed by atoms with Crippen molar-refractivity contribution >= 4 is 21.4 Å². The number of halogens is 1. The second-order valence-corrected chi connectivity index (χ2v) is 6.97. The quantitative estimate of drug-likeness (QED) is 0.913. The predicted molar refractivity (Wildman–Crippen MR) is 88.3 cm³/mol. The third-order valence-electron chi connectivity index (χ3n) is 4.26. The van der Waals surface area contributed by atoms with Gasteiger partial charge in [0.1, 0.15) is 5.82 Å². The Hall–Kier alpha value is -0.970. The fourth-order valence-corrected chi connectivity index (χ4v) is 4.45. The lowest BCUT2D eigenvalue weighted by Crippen LogP contribution is -2.24. The Labute approximate surface area is 130 Å². The van der Waals surface area contributed by atoms with Crippen molar-refractivity contribution in [2.24, 2.45) is 0 Å². The first-order chi connectivity index (χ1) is 10.3. The second kappa shape index (κ2) is 6.86. The fraction of sp³-hybridized carbons (Fsp3) is 0.529. The average Bonchev–Trinajstić information content (AvgIpc) is 2.65. The summed E-state index contributed by atoms with van der Waals surface area (Å²) >= 11 is 1.73. The zero-order valence-corrected chi connectivity index (χ0v) is 13.4. The molecule has 0 spiro atoms. The van der Waals surface area contributed by atoms with E-state index >= 15 is 0 Å². The van der Waals surface area contributed by atoms with Crippen LogP contribution in [0.1, 0.15) is 36.1 Å². The lowest BCUT2D eigenvalue weighted by Gasteiger charge is -2.20. The molecule has 0 saturated carbocycles. The molecule has 21 heavy (non-hydrogen) atoms. The van der Waals surface area contributed by atoms with Gasteiger partial charge in [0.2, 0.25) is 0 Å². The molecule has 114 valence electrons. The van der Waals surface area contributed by atoms with E-state index in [-0.39, 0.29) is 5.82 Å². The molecule has 1 aliphatic heterocycles. The SMILES string of the molecule is CNCc1sc2cccc(F)c2c1CN1CCCCCC1. The van der Waals surface area contributed by atoms with Crippen LogP contribution in [0.25, 0.3) is 10.1 Å². The van der Waals surface area contributed by atoms with Gasteiger partial charge in [-0.25, -0.2) is 4.39 Å². The van der Waals surface area contributed by atoms with Gasteiger partial charge in [0.15, 0.2) is 0 Å². The molecule has 2 aromatic rings. The Morgan fingerprint density at radius 3 is 2.67 bits per heavy atom. The van der Waals surface area contributed by atoms with E-state index in [0.717, 1.165) is 36.3 Å². The summed E-state index contributed by atoms with van der Waals surface area (Å²) in [5.41, 5.74) is 1.20. The van der Waals surface area contributed by atoms with Crippen LogP contribution in [0.5, 0.6) is 0 Å². The molecule has 3 rings (SSSR count). The van der Waals surface area contributed by atoms with Crippen molar-refractivity contribution in [2.75, 3.05) is 20.1 Å². The van der Waals surface area contributed by atoms with E-state index in [1.165, 1.54) is 36.1 Å². The van der Waals surface area contributed by atoms with Gasteiger partial charge in [0.25, 0.3) is 0 Å². The molecule has 1 saturated heterocycles. The molecule has 1 aromatic heterocycles. The van der Waals surface area contributed by atoms with Gasteiger partial charge in [0.05, 0.1) is 0 Å². The Bertz CT molecular complexity index is 600. The van der Waals surface area contributed by atoms with Gasteiger partial charge in [-0.15, -0.1) is 11.3 Å². The predicted octanol–water partition coefficient (Wildman–Crippen LogP) is 4.14. The van der Waals surface area contributed by atoms with Crippen molar-refractivity contribution in [3.63, 3.8) is 0 Å². The summed E-state index contributed by atoms with van der Waals surface area (Å²) in [5.74, 6) is -0.0732. The van der Waals surface area contributed by atoms with Crippen LogP contribution in [0.15, 0.2) is 18.2 Å². The topological polar surface area (TPSA) is 15.3 Å². The largest absolute Gasteiger partial charge is 0.315 e. The molecular weight excluding hydrogens is 283 g/mol. The molecule has 0 aliphatic carbocycles. The first-order valence-corrected chi connectivity index (χ1v) is 8.67. The minimum Gasteiger partial charge on any atom is -0.315 e. The molecule has 0 unspecified atom stereocenters. The van der Waals surface area contributed by atoms with E-state index in [2.05, 4.69) is 10.2 Å². The number of nitrogens with one attached hydrogen (secondary N) is 1. The highest BCUT2D eigenvalue weighted by Gasteiger charge is 2.18. The lowest BCUT2D eigenvalue weighted by atomic mass is 10.1. The highest BCUT2D eigenvalue weighted by Crippen LogP contribution is 2.34. The Balaban J connectivity index is 1.96. The maximum atomic E-state index is 14.3. The van der Waals surface area contributed by atoms with Gasteiger partial charge >= 0.3 is 0 Å². The summed E-state index contributed by atoms with van der Waals surface area (Å²) < 4.78 is 15.4. The second-order valence-electron chi connectivity index (χ2n) is 5.84. The minimum atomic E-state index is -0.0732. The summed E-state index contributed by atoms with van der Waals surface area (Å²) in [6.07, 6.45) is 5.20. The van der Waals surface area contributed by atoms with Crippen molar-refractivity contribution in [1.29, 1.82) is 0 Å². The summed E-state index contributed by atoms with van der Waals surface area (Å²) in [7, 11) is 1.95. The van der Waals surface area contributed by atoms with Crippen LogP contribution in [-0.2, 0) is 13.1 Å². The Kier molecular flexibility index (Phi) is 4.88. The number of benzene rings is 1. The molecule has 2 heterocycles. The van der Waals surface area contributed by atoms with E-state index in [0.29, 0.717) is 0 Å². The number of likely N-dealkylation sites (tertiary alicyclic amines) is 1. The van der Waals surface area contributed by atoms with Gasteiger partial charge in [-0.3, -0.25) is 4.90 Å². The summed E-state index contributed by atoms with van der Waals surface area (Å²) in [6.45, 7) is 4.00. The van der Waals surface area contributed by atoms with E-state index in [1.807, 2.05) is 19.2 Å². The Morgan fingerprint density at radius 1 is 1.19 bits per heavy atom. The summed E-state index contributed by atoms with van der Waals surface area (Å²) in [5, 5.41) is 4.07. The minimum absolute atomic E-state index is 0.0732. The van der Waals surface area contributed by atoms with Crippen molar-refractivity contribution < 1.29 is 4.39 Å². The molecule has 2 nitrogen and oxygen atoms in total. The molecular formula is C17H23FN2S. The highest BCUT2D eigenvalue weighted by molar-refractivity contribution is 7.19. The number of rotatable bonds is 4. The molecule has 1 fully saturated rings. The zero-order chi connectivity index (χ0) is 14.7. The van der Waals surface area contributed by atoms with Crippen LogP contribution in [-0.4, -0.2) is 25.0 Å². The fourth-order valence-electron chi connectivity index (χ4n) is 3.20. The Morgan fingerprint density at radius 2 is 1.95 bits per heavy atom. The molecule has 4 heteroatoms. The summed E-state index contributed by atoms with van der Waals surface area (Å²) in [4.78, 5) is 3.78. The third-order valence-corrected chi connectivity index (χ3v) is 5.46. The highest BCUT2D eigenvalue weighted by atomic mass is 32.1. The number of hydrogen-bond donors (Lipinski definition) is 1. The van der Waals surface area contributed by atoms with Crippen molar-refractivity contribution in [2.45, 2.75) is 38.8 Å². The first kappa shape index (κ1) is 14.9. The smallest absolute Gasteiger partial charge is 0.132 e. The van der Waals surface area contributed by atoms with Gasteiger partial charge in [-0.05, 0) is 50.7 Å². The molecule has 1 N–H and O–H groups in total. The number of hydrogen-bond acceptors (Lipinski definition) is 3. The van der Waals surface area contributed by atoms with E-state index < -0.39 is 0 Å². The maximum absolute atomic E-state index is 14.3. The van der Waals surface area contributed by atoms with Crippen LogP contribution in [0, 0.1) is 5.82 Å². The average molecular weight is 306 g/mol. The van der Waals surface area contributed by atoms with Crippen molar-refractivity contribution in [3.05, 3.63) is 34.5 Å². The van der Waals surface area contributed by atoms with Crippen LogP contribution in [0.2, 0.25) is 0 Å². The van der Waals surface area contributed by atoms with Gasteiger partial charge < -0.3 is 5.32 Å². The van der Waals surface area contributed by atoms with Crippen LogP contribution in [0.3, 0.4) is 0 Å². The number of nitrogens with zero attached hydrogens (tertiary/aromatic N) is 1. The first-order valence-electron chi connectivity index (χ1n) is 7.85. The van der Waals surface area contributed by atoms with Crippen LogP contribution < -0.4 is 5.32 Å². The lowest BCUT2D eigenvalue weighted by molar-refractivity contribution is 0.277. The van der Waals surface area contributed by atoms with Crippen LogP contribution >= 0.6 is 11.3 Å². The van der Waals surface area contributed by atoms with Crippen molar-refractivity contribution in [1.82, 2.24) is 10.2 Å². The van der Waals surface area contributed by atoms with E-state index in [9.17, 15) is 4.39 Å². The molecule has 1 aromatic carbocycles. The van der Waals surface area contributed by atoms with Gasteiger partial charge in [-0.2, -0.15) is 0 Å². The summed E-state index contributed by atoms with van der Waals surface area (Å²) in [6, 6.07) is 5.44. The maximum Gasteiger partial charge on any atom is 0.132 e. The van der Waals surface area contributed by atoms with Crippen LogP contribution in [0.4, 0.5) is 4.39 Å². The van der Waals surface area contributed by atoms with E-state index in [1.54, 1.807) is 17.4 Å². The van der Waals surface area contributed by atoms with Crippen molar-refractivity contribution in [3.8, 4) is 0 Å².